The van der Waals surface area contributed by atoms with E-state index in [2.05, 4.69) is 81.4 Å². The largest absolute Gasteiger partial charge is 0.507 e. The van der Waals surface area contributed by atoms with Gasteiger partial charge in [0.15, 0.2) is 5.13 Å². The number of nitrogens with zero attached hydrogens (tertiary/aromatic N) is 2. The van der Waals surface area contributed by atoms with E-state index in [9.17, 15) is 9.90 Å². The van der Waals surface area contributed by atoms with Crippen LogP contribution in [0.4, 0.5) is 10.8 Å². The van der Waals surface area contributed by atoms with E-state index >= 15 is 0 Å². The highest BCUT2D eigenvalue weighted by Crippen LogP contribution is 2.39. The summed E-state index contributed by atoms with van der Waals surface area (Å²) in [4.78, 5) is 17.4. The predicted molar refractivity (Wildman–Crippen MR) is 163 cm³/mol. The van der Waals surface area contributed by atoms with Crippen LogP contribution < -0.4 is 10.7 Å². The zero-order chi connectivity index (χ0) is 28.4. The number of carbonyl (C=O) groups excluding carboxylic acids is 1. The number of carbonyl (C=O) groups is 1. The van der Waals surface area contributed by atoms with Gasteiger partial charge in [-0.1, -0.05) is 71.4 Å². The Balaban J connectivity index is 1.44. The lowest BCUT2D eigenvalue weighted by Gasteiger charge is -2.27. The van der Waals surface area contributed by atoms with Crippen LogP contribution in [0.25, 0.3) is 11.3 Å². The van der Waals surface area contributed by atoms with E-state index in [1.54, 1.807) is 18.3 Å². The average molecular weight is 541 g/mol. The van der Waals surface area contributed by atoms with E-state index in [-0.39, 0.29) is 16.7 Å². The Morgan fingerprint density at radius 1 is 0.923 bits per heavy atom. The fourth-order valence-corrected chi connectivity index (χ4v) is 4.86. The molecule has 0 aliphatic carbocycles. The SMILES string of the molecule is Cc1ccc(Nc2nc(-c3ccc(C(=O)N/N=C\c4cc(C(C)(C)C)c(O)c(C(C)(C)C)c4)cc3)cs2)cc1. The van der Waals surface area contributed by atoms with Crippen LogP contribution >= 0.6 is 11.3 Å². The quantitative estimate of drug-likeness (QED) is 0.171. The molecule has 4 aromatic rings. The van der Waals surface area contributed by atoms with Crippen molar-refractivity contribution in [3.05, 3.63) is 93.9 Å². The van der Waals surface area contributed by atoms with E-state index in [1.807, 2.05) is 41.8 Å². The first-order valence-corrected chi connectivity index (χ1v) is 13.8. The lowest BCUT2D eigenvalue weighted by atomic mass is 9.78. The summed E-state index contributed by atoms with van der Waals surface area (Å²) < 4.78 is 0. The van der Waals surface area contributed by atoms with Crippen LogP contribution in [0, 0.1) is 6.92 Å². The summed E-state index contributed by atoms with van der Waals surface area (Å²) in [5.41, 5.74) is 9.11. The van der Waals surface area contributed by atoms with Crippen LogP contribution in [0.2, 0.25) is 0 Å². The molecule has 0 atom stereocenters. The van der Waals surface area contributed by atoms with Crippen molar-refractivity contribution >= 4 is 34.3 Å². The van der Waals surface area contributed by atoms with Gasteiger partial charge in [0.1, 0.15) is 5.75 Å². The lowest BCUT2D eigenvalue weighted by molar-refractivity contribution is 0.0955. The molecule has 0 saturated carbocycles. The predicted octanol–water partition coefficient (Wildman–Crippen LogP) is 7.93. The standard InChI is InChI=1S/C32H36N4O2S/c1-20-8-14-24(15-9-20)34-30-35-27(19-39-30)22-10-12-23(13-11-22)29(38)36-33-18-21-16-25(31(2,3)4)28(37)26(17-21)32(5,6)7/h8-19,37H,1-7H3,(H,34,35)(H,36,38)/b33-18-. The maximum Gasteiger partial charge on any atom is 0.271 e. The van der Waals surface area contributed by atoms with E-state index in [0.29, 0.717) is 11.3 Å². The summed E-state index contributed by atoms with van der Waals surface area (Å²) in [6.07, 6.45) is 1.62. The molecule has 4 rings (SSSR count). The third-order valence-electron chi connectivity index (χ3n) is 6.38. The van der Waals surface area contributed by atoms with Crippen LogP contribution in [0.1, 0.15) is 74.2 Å². The number of amides is 1. The second-order valence-corrected chi connectivity index (χ2v) is 12.6. The van der Waals surface area contributed by atoms with Crippen molar-refractivity contribution in [1.29, 1.82) is 0 Å². The molecule has 0 radical (unpaired) electrons. The molecule has 1 amide bonds. The smallest absolute Gasteiger partial charge is 0.271 e. The number of aromatic nitrogens is 1. The van der Waals surface area contributed by atoms with Crippen LogP contribution in [0.5, 0.6) is 5.75 Å². The fraction of sp³-hybridized carbons (Fsp3) is 0.281. The first-order valence-electron chi connectivity index (χ1n) is 12.9. The first kappa shape index (κ1) is 28.0. The molecule has 3 N–H and O–H groups in total. The fourth-order valence-electron chi connectivity index (χ4n) is 4.12. The molecule has 7 heteroatoms. The van der Waals surface area contributed by atoms with Crippen molar-refractivity contribution in [3.8, 4) is 17.0 Å². The first-order chi connectivity index (χ1) is 18.3. The van der Waals surface area contributed by atoms with E-state index < -0.39 is 0 Å². The Kier molecular flexibility index (Phi) is 7.93. The maximum absolute atomic E-state index is 12.7. The van der Waals surface area contributed by atoms with Crippen LogP contribution in [-0.2, 0) is 10.8 Å². The number of aromatic hydroxyl groups is 1. The molecule has 39 heavy (non-hydrogen) atoms. The average Bonchev–Trinajstić information content (AvgIpc) is 3.33. The van der Waals surface area contributed by atoms with Gasteiger partial charge < -0.3 is 10.4 Å². The number of aryl methyl sites for hydroxylation is 1. The number of hydrazone groups is 1. The monoisotopic (exact) mass is 540 g/mol. The van der Waals surface area contributed by atoms with E-state index in [4.69, 9.17) is 0 Å². The molecule has 0 bridgehead atoms. The summed E-state index contributed by atoms with van der Waals surface area (Å²) in [6.45, 7) is 14.4. The second-order valence-electron chi connectivity index (χ2n) is 11.8. The van der Waals surface area contributed by atoms with Crippen molar-refractivity contribution in [3.63, 3.8) is 0 Å². The van der Waals surface area contributed by atoms with Gasteiger partial charge in [0.05, 0.1) is 11.9 Å². The lowest BCUT2D eigenvalue weighted by Crippen LogP contribution is -2.19. The molecule has 0 fully saturated rings. The zero-order valence-electron chi connectivity index (χ0n) is 23.6. The summed E-state index contributed by atoms with van der Waals surface area (Å²) in [6, 6.07) is 19.3. The van der Waals surface area contributed by atoms with Crippen molar-refractivity contribution in [2.45, 2.75) is 59.3 Å². The van der Waals surface area contributed by atoms with Gasteiger partial charge in [-0.05, 0) is 59.7 Å². The number of anilines is 2. The van der Waals surface area contributed by atoms with Crippen LogP contribution in [0.3, 0.4) is 0 Å². The number of phenols is 1. The maximum atomic E-state index is 12.7. The highest BCUT2D eigenvalue weighted by atomic mass is 32.1. The highest BCUT2D eigenvalue weighted by Gasteiger charge is 2.26. The van der Waals surface area contributed by atoms with Crippen molar-refractivity contribution in [2.75, 3.05) is 5.32 Å². The number of nitrogens with one attached hydrogen (secondary N) is 2. The minimum absolute atomic E-state index is 0.242. The van der Waals surface area contributed by atoms with Crippen molar-refractivity contribution in [1.82, 2.24) is 10.4 Å². The minimum Gasteiger partial charge on any atom is -0.507 e. The molecule has 3 aromatic carbocycles. The highest BCUT2D eigenvalue weighted by molar-refractivity contribution is 7.14. The summed E-state index contributed by atoms with van der Waals surface area (Å²) in [5, 5.41) is 21.2. The number of benzene rings is 3. The van der Waals surface area contributed by atoms with Gasteiger partial charge in [0, 0.05) is 33.3 Å². The van der Waals surface area contributed by atoms with Crippen LogP contribution in [0.15, 0.2) is 71.1 Å². The van der Waals surface area contributed by atoms with Gasteiger partial charge in [-0.15, -0.1) is 11.3 Å². The Bertz CT molecular complexity index is 1450. The zero-order valence-corrected chi connectivity index (χ0v) is 24.4. The third kappa shape index (κ3) is 6.92. The van der Waals surface area contributed by atoms with Gasteiger partial charge in [0.2, 0.25) is 0 Å². The molecule has 0 saturated heterocycles. The Morgan fingerprint density at radius 3 is 2.08 bits per heavy atom. The Labute approximate surface area is 234 Å². The van der Waals surface area contributed by atoms with Gasteiger partial charge in [0.25, 0.3) is 5.91 Å². The third-order valence-corrected chi connectivity index (χ3v) is 7.14. The van der Waals surface area contributed by atoms with E-state index in [1.165, 1.54) is 16.9 Å². The molecule has 202 valence electrons. The Hall–Kier alpha value is -3.97. The molecule has 0 spiro atoms. The Morgan fingerprint density at radius 2 is 1.51 bits per heavy atom. The number of thiazole rings is 1. The number of phenolic OH excluding ortho intramolecular Hbond substituents is 1. The van der Waals surface area contributed by atoms with Gasteiger partial charge >= 0.3 is 0 Å². The normalized spacial score (nSPS) is 12.1. The molecule has 0 unspecified atom stereocenters. The molecule has 0 aliphatic heterocycles. The molecule has 1 aromatic heterocycles. The second kappa shape index (κ2) is 11.0. The van der Waals surface area contributed by atoms with E-state index in [0.717, 1.165) is 38.8 Å². The summed E-state index contributed by atoms with van der Waals surface area (Å²) >= 11 is 1.53. The summed E-state index contributed by atoms with van der Waals surface area (Å²) in [7, 11) is 0. The molecular formula is C32H36N4O2S. The number of hydrogen-bond acceptors (Lipinski definition) is 6. The number of hydrogen-bond donors (Lipinski definition) is 3. The van der Waals surface area contributed by atoms with Crippen molar-refractivity contribution in [2.24, 2.45) is 5.10 Å². The van der Waals surface area contributed by atoms with Crippen LogP contribution in [-0.4, -0.2) is 22.2 Å². The number of rotatable bonds is 6. The molecule has 6 nitrogen and oxygen atoms in total. The minimum atomic E-state index is -0.302. The summed E-state index contributed by atoms with van der Waals surface area (Å²) in [5.74, 6) is 0.0121. The topological polar surface area (TPSA) is 86.6 Å². The van der Waals surface area contributed by atoms with Gasteiger partial charge in [-0.2, -0.15) is 5.10 Å². The van der Waals surface area contributed by atoms with Gasteiger partial charge in [-0.25, -0.2) is 10.4 Å². The molecule has 1 heterocycles. The molecule has 0 aliphatic rings. The van der Waals surface area contributed by atoms with Crippen molar-refractivity contribution < 1.29 is 9.90 Å². The van der Waals surface area contributed by atoms with Gasteiger partial charge in [-0.3, -0.25) is 4.79 Å². The molecular weight excluding hydrogens is 504 g/mol.